The number of thiophene rings is 2. The number of ether oxygens (including phenoxy) is 1. The molecule has 9 heteroatoms. The number of carbonyl (C=O) groups is 2. The van der Waals surface area contributed by atoms with Crippen molar-refractivity contribution in [3.8, 4) is 0 Å². The Hall–Kier alpha value is -1.97. The van der Waals surface area contributed by atoms with E-state index < -0.39 is 0 Å². The van der Waals surface area contributed by atoms with E-state index in [0.717, 1.165) is 46.5 Å². The van der Waals surface area contributed by atoms with Gasteiger partial charge in [0.15, 0.2) is 0 Å². The first-order valence-electron chi connectivity index (χ1n) is 9.55. The van der Waals surface area contributed by atoms with Crippen molar-refractivity contribution in [3.63, 3.8) is 0 Å². The van der Waals surface area contributed by atoms with Gasteiger partial charge in [0.1, 0.15) is 21.2 Å². The third-order valence-electron chi connectivity index (χ3n) is 4.77. The highest BCUT2D eigenvalue weighted by atomic mass is 32.2. The Morgan fingerprint density at radius 2 is 2.14 bits per heavy atom. The average molecular weight is 448 g/mol. The number of rotatable bonds is 6. The summed E-state index contributed by atoms with van der Waals surface area (Å²) in [5, 5.41) is 6.94. The predicted octanol–water partition coefficient (Wildman–Crippen LogP) is 4.93. The summed E-state index contributed by atoms with van der Waals surface area (Å²) in [6.45, 7) is 3.95. The van der Waals surface area contributed by atoms with Gasteiger partial charge in [-0.3, -0.25) is 4.79 Å². The summed E-state index contributed by atoms with van der Waals surface area (Å²) in [4.78, 5) is 36.2. The highest BCUT2D eigenvalue weighted by Crippen LogP contribution is 2.39. The van der Waals surface area contributed by atoms with Gasteiger partial charge in [-0.15, -0.1) is 22.7 Å². The molecule has 1 amide bonds. The lowest BCUT2D eigenvalue weighted by atomic mass is 9.95. The van der Waals surface area contributed by atoms with Crippen LogP contribution >= 0.6 is 34.4 Å². The highest BCUT2D eigenvalue weighted by Gasteiger charge is 2.28. The summed E-state index contributed by atoms with van der Waals surface area (Å²) < 4.78 is 5.27. The quantitative estimate of drug-likeness (QED) is 0.328. The number of thioether (sulfide) groups is 1. The van der Waals surface area contributed by atoms with Gasteiger partial charge in [0.2, 0.25) is 5.91 Å². The zero-order chi connectivity index (χ0) is 20.4. The summed E-state index contributed by atoms with van der Waals surface area (Å²) in [6, 6.07) is 1.97. The zero-order valence-corrected chi connectivity index (χ0v) is 18.6. The molecule has 1 aliphatic rings. The van der Waals surface area contributed by atoms with Gasteiger partial charge in [0, 0.05) is 10.3 Å². The average Bonchev–Trinajstić information content (AvgIpc) is 3.32. The molecule has 0 fully saturated rings. The van der Waals surface area contributed by atoms with E-state index >= 15 is 0 Å². The lowest BCUT2D eigenvalue weighted by Crippen LogP contribution is -2.23. The molecule has 3 aromatic rings. The van der Waals surface area contributed by atoms with Crippen LogP contribution in [0.25, 0.3) is 10.2 Å². The number of amides is 1. The minimum absolute atomic E-state index is 0.152. The fourth-order valence-electron chi connectivity index (χ4n) is 3.37. The topological polar surface area (TPSA) is 81.2 Å². The fourth-order valence-corrected chi connectivity index (χ4v) is 6.35. The number of nitrogens with one attached hydrogen (secondary N) is 1. The van der Waals surface area contributed by atoms with Crippen molar-refractivity contribution in [2.75, 3.05) is 11.9 Å². The van der Waals surface area contributed by atoms with Gasteiger partial charge in [-0.25, -0.2) is 14.8 Å². The van der Waals surface area contributed by atoms with Crippen LogP contribution in [-0.4, -0.2) is 33.7 Å². The molecule has 1 N–H and O–H groups in total. The molecular formula is C20H21N3O3S3. The highest BCUT2D eigenvalue weighted by molar-refractivity contribution is 8.00. The zero-order valence-electron chi connectivity index (χ0n) is 16.2. The molecule has 0 aliphatic heterocycles. The van der Waals surface area contributed by atoms with E-state index in [-0.39, 0.29) is 17.1 Å². The number of esters is 1. The smallest absolute Gasteiger partial charge is 0.341 e. The van der Waals surface area contributed by atoms with Crippen LogP contribution < -0.4 is 5.32 Å². The van der Waals surface area contributed by atoms with E-state index in [9.17, 15) is 9.59 Å². The number of aryl methyl sites for hydroxylation is 1. The van der Waals surface area contributed by atoms with Crippen molar-refractivity contribution in [1.29, 1.82) is 0 Å². The summed E-state index contributed by atoms with van der Waals surface area (Å²) in [5.41, 5.74) is 1.59. The van der Waals surface area contributed by atoms with Crippen LogP contribution in [-0.2, 0) is 22.4 Å². The summed E-state index contributed by atoms with van der Waals surface area (Å²) >= 11 is 4.45. The molecule has 0 saturated carbocycles. The molecule has 4 rings (SSSR count). The van der Waals surface area contributed by atoms with Crippen molar-refractivity contribution >= 4 is 61.5 Å². The summed E-state index contributed by atoms with van der Waals surface area (Å²) in [5.74, 6) is -0.501. The second kappa shape index (κ2) is 8.81. The van der Waals surface area contributed by atoms with E-state index in [1.807, 2.05) is 18.4 Å². The van der Waals surface area contributed by atoms with Crippen LogP contribution in [0.1, 0.15) is 47.5 Å². The van der Waals surface area contributed by atoms with E-state index in [1.54, 1.807) is 18.3 Å². The van der Waals surface area contributed by atoms with Crippen molar-refractivity contribution in [1.82, 2.24) is 9.97 Å². The van der Waals surface area contributed by atoms with E-state index in [2.05, 4.69) is 15.3 Å². The number of anilines is 1. The minimum Gasteiger partial charge on any atom is -0.462 e. The van der Waals surface area contributed by atoms with Crippen LogP contribution in [0.2, 0.25) is 0 Å². The van der Waals surface area contributed by atoms with Gasteiger partial charge < -0.3 is 10.1 Å². The molecule has 1 unspecified atom stereocenters. The third kappa shape index (κ3) is 4.17. The normalized spacial score (nSPS) is 14.4. The number of nitrogens with zero attached hydrogens (tertiary/aromatic N) is 2. The van der Waals surface area contributed by atoms with Crippen molar-refractivity contribution < 1.29 is 14.3 Å². The Morgan fingerprint density at radius 1 is 1.31 bits per heavy atom. The predicted molar refractivity (Wildman–Crippen MR) is 118 cm³/mol. The van der Waals surface area contributed by atoms with Crippen LogP contribution in [0.5, 0.6) is 0 Å². The maximum atomic E-state index is 12.9. The number of carbonyl (C=O) groups excluding carboxylic acids is 2. The molecule has 0 spiro atoms. The Kier molecular flexibility index (Phi) is 6.17. The van der Waals surface area contributed by atoms with Crippen LogP contribution in [0.3, 0.4) is 0 Å². The third-order valence-corrected chi connectivity index (χ3v) is 7.91. The molecule has 0 bridgehead atoms. The van der Waals surface area contributed by atoms with Crippen molar-refractivity contribution in [3.05, 3.63) is 33.8 Å². The maximum Gasteiger partial charge on any atom is 0.341 e. The fraction of sp³-hybridized carbons (Fsp3) is 0.400. The van der Waals surface area contributed by atoms with Gasteiger partial charge in [-0.2, -0.15) is 0 Å². The minimum atomic E-state index is -0.373. The van der Waals surface area contributed by atoms with Gasteiger partial charge in [-0.05, 0) is 56.5 Å². The lowest BCUT2D eigenvalue weighted by Gasteiger charge is -2.13. The van der Waals surface area contributed by atoms with Gasteiger partial charge in [0.25, 0.3) is 0 Å². The monoisotopic (exact) mass is 447 g/mol. The number of hydrogen-bond acceptors (Lipinski definition) is 8. The molecule has 0 aromatic carbocycles. The molecule has 3 heterocycles. The standard InChI is InChI=1S/C20H21N3O3S3/c1-3-26-20(25)15-12-6-4-5-7-14(12)29-19(15)23-16(24)11(2)28-18-13-8-9-27-17(13)21-10-22-18/h8-11H,3-7H2,1-2H3,(H,23,24). The van der Waals surface area contributed by atoms with Crippen molar-refractivity contribution in [2.24, 2.45) is 0 Å². The largest absolute Gasteiger partial charge is 0.462 e. The van der Waals surface area contributed by atoms with Crippen LogP contribution in [0.4, 0.5) is 5.00 Å². The Morgan fingerprint density at radius 3 is 2.97 bits per heavy atom. The van der Waals surface area contributed by atoms with Crippen molar-refractivity contribution in [2.45, 2.75) is 49.8 Å². The Balaban J connectivity index is 1.55. The van der Waals surface area contributed by atoms with Gasteiger partial charge >= 0.3 is 5.97 Å². The SMILES string of the molecule is CCOC(=O)c1c(NC(=O)C(C)Sc2ncnc3sccc23)sc2c1CCCC2. The molecule has 29 heavy (non-hydrogen) atoms. The first-order valence-corrected chi connectivity index (χ1v) is 12.1. The second-order valence-corrected chi connectivity index (χ2v) is 10.0. The number of fused-ring (bicyclic) bond motifs is 2. The van der Waals surface area contributed by atoms with Crippen LogP contribution in [0.15, 0.2) is 22.8 Å². The molecule has 1 aliphatic carbocycles. The molecule has 3 aromatic heterocycles. The molecule has 6 nitrogen and oxygen atoms in total. The summed E-state index contributed by atoms with van der Waals surface area (Å²) in [7, 11) is 0. The molecule has 0 radical (unpaired) electrons. The number of hydrogen-bond donors (Lipinski definition) is 1. The maximum absolute atomic E-state index is 12.9. The Bertz CT molecular complexity index is 1060. The first-order chi connectivity index (χ1) is 14.1. The summed E-state index contributed by atoms with van der Waals surface area (Å²) in [6.07, 6.45) is 5.50. The van der Waals surface area contributed by atoms with Gasteiger partial charge in [-0.1, -0.05) is 11.8 Å². The molecule has 0 saturated heterocycles. The van der Waals surface area contributed by atoms with E-state index in [0.29, 0.717) is 17.2 Å². The van der Waals surface area contributed by atoms with E-state index in [1.165, 1.54) is 34.3 Å². The van der Waals surface area contributed by atoms with Crippen LogP contribution in [0, 0.1) is 0 Å². The lowest BCUT2D eigenvalue weighted by molar-refractivity contribution is -0.115. The first kappa shape index (κ1) is 20.3. The second-order valence-electron chi connectivity index (χ2n) is 6.70. The number of aromatic nitrogens is 2. The Labute approximate surface area is 181 Å². The molecular weight excluding hydrogens is 426 g/mol. The molecule has 152 valence electrons. The molecule has 1 atom stereocenters. The van der Waals surface area contributed by atoms with E-state index in [4.69, 9.17) is 4.74 Å². The van der Waals surface area contributed by atoms with Gasteiger partial charge in [0.05, 0.1) is 17.4 Å².